The Labute approximate surface area is 99.6 Å². The van der Waals surface area contributed by atoms with Crippen LogP contribution in [0.3, 0.4) is 0 Å². The van der Waals surface area contributed by atoms with E-state index in [0.717, 1.165) is 6.07 Å². The molecule has 0 heterocycles. The molecule has 0 spiro atoms. The van der Waals surface area contributed by atoms with Gasteiger partial charge in [-0.2, -0.15) is 0 Å². The summed E-state index contributed by atoms with van der Waals surface area (Å²) < 4.78 is 13.6. The minimum absolute atomic E-state index is 0.199. The molecular formula is C10H9BrFNO3. The maximum absolute atomic E-state index is 13.3. The number of carboxylic acid groups (broad SMARTS) is 1. The lowest BCUT2D eigenvalue weighted by molar-refractivity contribution is -0.138. The van der Waals surface area contributed by atoms with Gasteiger partial charge in [0.05, 0.1) is 5.56 Å². The second-order valence-electron chi connectivity index (χ2n) is 3.13. The molecule has 6 heteroatoms. The molecule has 0 aliphatic rings. The number of carbonyl (C=O) groups is 2. The van der Waals surface area contributed by atoms with Crippen LogP contribution >= 0.6 is 15.9 Å². The zero-order valence-corrected chi connectivity index (χ0v) is 9.92. The van der Waals surface area contributed by atoms with Crippen LogP contribution < -0.4 is 5.32 Å². The Bertz CT molecular complexity index is 416. The molecule has 0 aliphatic carbocycles. The molecule has 0 bridgehead atoms. The minimum Gasteiger partial charge on any atom is -0.480 e. The summed E-state index contributed by atoms with van der Waals surface area (Å²) in [6, 6.07) is 3.00. The van der Waals surface area contributed by atoms with Crippen molar-refractivity contribution in [2.45, 2.75) is 13.0 Å². The van der Waals surface area contributed by atoms with E-state index in [9.17, 15) is 14.0 Å². The van der Waals surface area contributed by atoms with E-state index in [0.29, 0.717) is 0 Å². The summed E-state index contributed by atoms with van der Waals surface area (Å²) in [4.78, 5) is 22.1. The molecule has 0 radical (unpaired) electrons. The van der Waals surface area contributed by atoms with Crippen LogP contribution in [0.15, 0.2) is 22.7 Å². The smallest absolute Gasteiger partial charge is 0.325 e. The lowest BCUT2D eigenvalue weighted by Crippen LogP contribution is -2.38. The van der Waals surface area contributed by atoms with Gasteiger partial charge in [-0.25, -0.2) is 4.39 Å². The van der Waals surface area contributed by atoms with Crippen molar-refractivity contribution in [2.75, 3.05) is 0 Å². The van der Waals surface area contributed by atoms with Gasteiger partial charge in [-0.3, -0.25) is 9.59 Å². The third-order valence-corrected chi connectivity index (χ3v) is 2.57. The molecule has 1 rings (SSSR count). The third kappa shape index (κ3) is 2.79. The Hall–Kier alpha value is -1.43. The van der Waals surface area contributed by atoms with E-state index in [-0.39, 0.29) is 10.0 Å². The summed E-state index contributed by atoms with van der Waals surface area (Å²) in [6.45, 7) is 1.30. The molecule has 1 amide bonds. The SMILES string of the molecule is C[C@@H](NC(=O)c1c(F)cccc1Br)C(=O)O. The zero-order chi connectivity index (χ0) is 12.3. The van der Waals surface area contributed by atoms with Crippen molar-refractivity contribution >= 4 is 27.8 Å². The van der Waals surface area contributed by atoms with Crippen LogP contribution in [0.4, 0.5) is 4.39 Å². The first-order valence-corrected chi connectivity index (χ1v) is 5.20. The van der Waals surface area contributed by atoms with E-state index in [4.69, 9.17) is 5.11 Å². The Morgan fingerprint density at radius 3 is 2.62 bits per heavy atom. The molecule has 0 aliphatic heterocycles. The van der Waals surface area contributed by atoms with Crippen LogP contribution in [0.1, 0.15) is 17.3 Å². The molecule has 1 aromatic rings. The maximum atomic E-state index is 13.3. The number of benzene rings is 1. The maximum Gasteiger partial charge on any atom is 0.325 e. The number of aliphatic carboxylic acids is 1. The normalized spacial score (nSPS) is 11.9. The standard InChI is InChI=1S/C10H9BrFNO3/c1-5(10(15)16)13-9(14)8-6(11)3-2-4-7(8)12/h2-5H,1H3,(H,13,14)(H,15,16)/t5-/m1/s1. The van der Waals surface area contributed by atoms with Crippen molar-refractivity contribution in [3.63, 3.8) is 0 Å². The molecule has 1 aromatic carbocycles. The number of carboxylic acids is 1. The number of amides is 1. The van der Waals surface area contributed by atoms with Crippen molar-refractivity contribution in [3.05, 3.63) is 34.1 Å². The predicted octanol–water partition coefficient (Wildman–Crippen LogP) is 1.79. The lowest BCUT2D eigenvalue weighted by Gasteiger charge is -2.10. The fourth-order valence-electron chi connectivity index (χ4n) is 1.05. The van der Waals surface area contributed by atoms with E-state index in [2.05, 4.69) is 21.2 Å². The summed E-state index contributed by atoms with van der Waals surface area (Å²) in [7, 11) is 0. The average Bonchev–Trinajstić information content (AvgIpc) is 2.16. The number of hydrogen-bond donors (Lipinski definition) is 2. The molecule has 2 N–H and O–H groups in total. The van der Waals surface area contributed by atoms with Gasteiger partial charge in [0.25, 0.3) is 5.91 Å². The van der Waals surface area contributed by atoms with E-state index in [1.165, 1.54) is 19.1 Å². The predicted molar refractivity (Wildman–Crippen MR) is 58.7 cm³/mol. The molecule has 0 saturated carbocycles. The molecule has 0 fully saturated rings. The van der Waals surface area contributed by atoms with Gasteiger partial charge in [-0.1, -0.05) is 6.07 Å². The molecule has 0 aromatic heterocycles. The fourth-order valence-corrected chi connectivity index (χ4v) is 1.57. The van der Waals surface area contributed by atoms with Gasteiger partial charge < -0.3 is 10.4 Å². The van der Waals surface area contributed by atoms with Gasteiger partial charge in [0.1, 0.15) is 11.9 Å². The monoisotopic (exact) mass is 289 g/mol. The van der Waals surface area contributed by atoms with Gasteiger partial charge in [0.2, 0.25) is 0 Å². The van der Waals surface area contributed by atoms with Crippen molar-refractivity contribution in [1.29, 1.82) is 0 Å². The van der Waals surface area contributed by atoms with Gasteiger partial charge in [-0.15, -0.1) is 0 Å². The Kier molecular flexibility index (Phi) is 4.00. The number of hydrogen-bond acceptors (Lipinski definition) is 2. The van der Waals surface area contributed by atoms with E-state index >= 15 is 0 Å². The van der Waals surface area contributed by atoms with E-state index < -0.39 is 23.7 Å². The number of nitrogens with one attached hydrogen (secondary N) is 1. The first-order valence-electron chi connectivity index (χ1n) is 4.41. The highest BCUT2D eigenvalue weighted by molar-refractivity contribution is 9.10. The Balaban J connectivity index is 2.93. The summed E-state index contributed by atoms with van der Waals surface area (Å²) in [6.07, 6.45) is 0. The first kappa shape index (κ1) is 12.6. The highest BCUT2D eigenvalue weighted by Crippen LogP contribution is 2.19. The van der Waals surface area contributed by atoms with Crippen molar-refractivity contribution in [1.82, 2.24) is 5.32 Å². The Morgan fingerprint density at radius 2 is 2.12 bits per heavy atom. The molecule has 16 heavy (non-hydrogen) atoms. The van der Waals surface area contributed by atoms with Crippen molar-refractivity contribution in [3.8, 4) is 0 Å². The third-order valence-electron chi connectivity index (χ3n) is 1.91. The summed E-state index contributed by atoms with van der Waals surface area (Å²) >= 11 is 3.03. The number of carbonyl (C=O) groups excluding carboxylic acids is 1. The van der Waals surface area contributed by atoms with Gasteiger partial charge in [-0.05, 0) is 35.0 Å². The molecule has 4 nitrogen and oxygen atoms in total. The van der Waals surface area contributed by atoms with Gasteiger partial charge >= 0.3 is 5.97 Å². The highest BCUT2D eigenvalue weighted by atomic mass is 79.9. The van der Waals surface area contributed by atoms with Crippen LogP contribution in [0, 0.1) is 5.82 Å². The minimum atomic E-state index is -1.18. The second kappa shape index (κ2) is 5.07. The van der Waals surface area contributed by atoms with Crippen LogP contribution in [0.25, 0.3) is 0 Å². The molecular weight excluding hydrogens is 281 g/mol. The molecule has 0 saturated heterocycles. The summed E-state index contributed by atoms with van der Waals surface area (Å²) in [5.41, 5.74) is -0.199. The lowest BCUT2D eigenvalue weighted by atomic mass is 10.2. The highest BCUT2D eigenvalue weighted by Gasteiger charge is 2.19. The Morgan fingerprint density at radius 1 is 1.50 bits per heavy atom. The largest absolute Gasteiger partial charge is 0.480 e. The van der Waals surface area contributed by atoms with Crippen molar-refractivity contribution in [2.24, 2.45) is 0 Å². The number of halogens is 2. The zero-order valence-electron chi connectivity index (χ0n) is 8.33. The molecule has 0 unspecified atom stereocenters. The topological polar surface area (TPSA) is 66.4 Å². The van der Waals surface area contributed by atoms with Crippen LogP contribution in [0.2, 0.25) is 0 Å². The van der Waals surface area contributed by atoms with Crippen LogP contribution in [-0.2, 0) is 4.79 Å². The quantitative estimate of drug-likeness (QED) is 0.892. The molecule has 86 valence electrons. The summed E-state index contributed by atoms with van der Waals surface area (Å²) in [5, 5.41) is 10.8. The average molecular weight is 290 g/mol. The second-order valence-corrected chi connectivity index (χ2v) is 3.98. The van der Waals surface area contributed by atoms with Crippen molar-refractivity contribution < 1.29 is 19.1 Å². The number of rotatable bonds is 3. The summed E-state index contributed by atoms with van der Waals surface area (Å²) in [5.74, 6) is -2.65. The van der Waals surface area contributed by atoms with E-state index in [1.54, 1.807) is 0 Å². The van der Waals surface area contributed by atoms with Crippen LogP contribution in [-0.4, -0.2) is 23.0 Å². The fraction of sp³-hybridized carbons (Fsp3) is 0.200. The van der Waals surface area contributed by atoms with Gasteiger partial charge in [0, 0.05) is 4.47 Å². The molecule has 1 atom stereocenters. The van der Waals surface area contributed by atoms with Gasteiger partial charge in [0.15, 0.2) is 0 Å². The van der Waals surface area contributed by atoms with Crippen LogP contribution in [0.5, 0.6) is 0 Å². The van der Waals surface area contributed by atoms with E-state index in [1.807, 2.05) is 0 Å². The first-order chi connectivity index (χ1) is 7.43.